The molecule has 0 radical (unpaired) electrons. The van der Waals surface area contributed by atoms with Gasteiger partial charge in [0.2, 0.25) is 5.91 Å². The number of aryl methyl sites for hydroxylation is 1. The lowest BCUT2D eigenvalue weighted by atomic mass is 9.86. The average molecular weight is 319 g/mol. The molecule has 1 fully saturated rings. The maximum atomic E-state index is 12.0. The lowest BCUT2D eigenvalue weighted by Gasteiger charge is -2.26. The summed E-state index contributed by atoms with van der Waals surface area (Å²) in [4.78, 5) is 34.2. The fourth-order valence-electron chi connectivity index (χ4n) is 2.83. The molecule has 0 heterocycles. The number of nitrogens with two attached hydrogens (primary N) is 1. The second-order valence-corrected chi connectivity index (χ2v) is 5.94. The number of carboxylic acids is 1. The molecule has 0 unspecified atom stereocenters. The molecule has 3 amide bonds. The van der Waals surface area contributed by atoms with Gasteiger partial charge < -0.3 is 21.5 Å². The number of carbonyl (C=O) groups is 3. The van der Waals surface area contributed by atoms with Crippen LogP contribution in [0.15, 0.2) is 18.2 Å². The number of hydrogen-bond donors (Lipinski definition) is 4. The Labute approximate surface area is 134 Å². The van der Waals surface area contributed by atoms with Crippen molar-refractivity contribution >= 4 is 23.6 Å². The van der Waals surface area contributed by atoms with E-state index < -0.39 is 11.9 Å². The molecular weight excluding hydrogens is 298 g/mol. The quantitative estimate of drug-likeness (QED) is 0.676. The van der Waals surface area contributed by atoms with Gasteiger partial charge in [0.15, 0.2) is 0 Å². The Balaban J connectivity index is 1.90. The first kappa shape index (κ1) is 16.8. The molecule has 0 atom stereocenters. The molecule has 0 aliphatic heterocycles. The second kappa shape index (κ2) is 7.13. The fourth-order valence-corrected chi connectivity index (χ4v) is 2.83. The van der Waals surface area contributed by atoms with Crippen LogP contribution in [-0.4, -0.2) is 29.1 Å². The molecule has 7 nitrogen and oxygen atoms in total. The monoisotopic (exact) mass is 319 g/mol. The first-order valence-corrected chi connectivity index (χ1v) is 7.57. The Morgan fingerprint density at radius 2 is 1.78 bits per heavy atom. The molecule has 2 rings (SSSR count). The number of anilines is 1. The summed E-state index contributed by atoms with van der Waals surface area (Å²) in [7, 11) is 0. The summed E-state index contributed by atoms with van der Waals surface area (Å²) in [6.07, 6.45) is 2.42. The third-order valence-electron chi connectivity index (χ3n) is 4.03. The molecule has 0 bridgehead atoms. The number of primary amides is 1. The van der Waals surface area contributed by atoms with Crippen molar-refractivity contribution in [2.75, 3.05) is 5.32 Å². The summed E-state index contributed by atoms with van der Waals surface area (Å²) in [5.41, 5.74) is 6.90. The predicted octanol–water partition coefficient (Wildman–Crippen LogP) is 1.86. The number of amides is 3. The van der Waals surface area contributed by atoms with Crippen molar-refractivity contribution in [3.63, 3.8) is 0 Å². The summed E-state index contributed by atoms with van der Waals surface area (Å²) in [5.74, 6) is -1.64. The molecular formula is C16H21N3O4. The SMILES string of the molecule is Cc1cc(NC(=O)NC2CCC(C(=O)O)CC2)cc(C(N)=O)c1. The minimum atomic E-state index is -0.772. The zero-order valence-corrected chi connectivity index (χ0v) is 13.0. The van der Waals surface area contributed by atoms with Gasteiger partial charge in [0.05, 0.1) is 5.92 Å². The van der Waals surface area contributed by atoms with Gasteiger partial charge in [-0.2, -0.15) is 0 Å². The van der Waals surface area contributed by atoms with E-state index >= 15 is 0 Å². The lowest BCUT2D eigenvalue weighted by Crippen LogP contribution is -2.41. The molecule has 124 valence electrons. The molecule has 0 saturated heterocycles. The fraction of sp³-hybridized carbons (Fsp3) is 0.438. The molecule has 0 spiro atoms. The first-order valence-electron chi connectivity index (χ1n) is 7.57. The normalized spacial score (nSPS) is 20.6. The number of urea groups is 1. The van der Waals surface area contributed by atoms with E-state index in [0.29, 0.717) is 36.9 Å². The van der Waals surface area contributed by atoms with E-state index in [1.165, 1.54) is 6.07 Å². The number of hydrogen-bond acceptors (Lipinski definition) is 3. The first-order chi connectivity index (χ1) is 10.8. The Morgan fingerprint density at radius 1 is 1.13 bits per heavy atom. The second-order valence-electron chi connectivity index (χ2n) is 5.94. The van der Waals surface area contributed by atoms with E-state index in [2.05, 4.69) is 10.6 Å². The van der Waals surface area contributed by atoms with Crippen LogP contribution in [0.3, 0.4) is 0 Å². The van der Waals surface area contributed by atoms with Crippen LogP contribution >= 0.6 is 0 Å². The summed E-state index contributed by atoms with van der Waals surface area (Å²) >= 11 is 0. The molecule has 0 aromatic heterocycles. The largest absolute Gasteiger partial charge is 0.481 e. The van der Waals surface area contributed by atoms with Crippen molar-refractivity contribution in [3.05, 3.63) is 29.3 Å². The molecule has 1 aliphatic carbocycles. The van der Waals surface area contributed by atoms with Crippen molar-refractivity contribution in [1.82, 2.24) is 5.32 Å². The van der Waals surface area contributed by atoms with Crippen LogP contribution in [0.1, 0.15) is 41.6 Å². The van der Waals surface area contributed by atoms with Gasteiger partial charge in [0.25, 0.3) is 0 Å². The lowest BCUT2D eigenvalue weighted by molar-refractivity contribution is -0.142. The van der Waals surface area contributed by atoms with Gasteiger partial charge in [0, 0.05) is 17.3 Å². The molecule has 1 aromatic rings. The van der Waals surface area contributed by atoms with Crippen LogP contribution in [0, 0.1) is 12.8 Å². The highest BCUT2D eigenvalue weighted by atomic mass is 16.4. The van der Waals surface area contributed by atoms with Crippen LogP contribution in [0.25, 0.3) is 0 Å². The summed E-state index contributed by atoms with van der Waals surface area (Å²) < 4.78 is 0. The van der Waals surface area contributed by atoms with Gasteiger partial charge in [-0.3, -0.25) is 9.59 Å². The maximum absolute atomic E-state index is 12.0. The van der Waals surface area contributed by atoms with Gasteiger partial charge in [-0.05, 0) is 56.4 Å². The zero-order chi connectivity index (χ0) is 17.0. The van der Waals surface area contributed by atoms with E-state index in [1.807, 2.05) is 6.92 Å². The minimum Gasteiger partial charge on any atom is -0.481 e. The Kier molecular flexibility index (Phi) is 5.20. The van der Waals surface area contributed by atoms with Crippen LogP contribution < -0.4 is 16.4 Å². The van der Waals surface area contributed by atoms with Crippen molar-refractivity contribution in [3.8, 4) is 0 Å². The van der Waals surface area contributed by atoms with E-state index in [-0.39, 0.29) is 18.0 Å². The van der Waals surface area contributed by atoms with Gasteiger partial charge in [-0.25, -0.2) is 4.79 Å². The number of carbonyl (C=O) groups excluding carboxylic acids is 2. The van der Waals surface area contributed by atoms with Gasteiger partial charge in [-0.15, -0.1) is 0 Å². The van der Waals surface area contributed by atoms with Crippen LogP contribution in [0.2, 0.25) is 0 Å². The molecule has 1 aromatic carbocycles. The van der Waals surface area contributed by atoms with E-state index in [4.69, 9.17) is 10.8 Å². The Morgan fingerprint density at radius 3 is 2.35 bits per heavy atom. The van der Waals surface area contributed by atoms with E-state index in [0.717, 1.165) is 5.56 Å². The van der Waals surface area contributed by atoms with Gasteiger partial charge in [-0.1, -0.05) is 0 Å². The van der Waals surface area contributed by atoms with Gasteiger partial charge in [0.1, 0.15) is 0 Å². The highest BCUT2D eigenvalue weighted by molar-refractivity contribution is 5.96. The Bertz CT molecular complexity index is 622. The third kappa shape index (κ3) is 4.70. The van der Waals surface area contributed by atoms with E-state index in [1.54, 1.807) is 12.1 Å². The molecule has 7 heteroatoms. The molecule has 1 saturated carbocycles. The number of aliphatic carboxylic acids is 1. The highest BCUT2D eigenvalue weighted by Crippen LogP contribution is 2.24. The van der Waals surface area contributed by atoms with Crippen LogP contribution in [-0.2, 0) is 4.79 Å². The zero-order valence-electron chi connectivity index (χ0n) is 13.0. The van der Waals surface area contributed by atoms with Crippen molar-refractivity contribution in [1.29, 1.82) is 0 Å². The number of rotatable bonds is 4. The Hall–Kier alpha value is -2.57. The molecule has 5 N–H and O–H groups in total. The topological polar surface area (TPSA) is 122 Å². The van der Waals surface area contributed by atoms with Crippen LogP contribution in [0.5, 0.6) is 0 Å². The number of carboxylic acid groups (broad SMARTS) is 1. The smallest absolute Gasteiger partial charge is 0.319 e. The standard InChI is InChI=1S/C16H21N3O4/c1-9-6-11(14(17)20)8-13(7-9)19-16(23)18-12-4-2-10(3-5-12)15(21)22/h6-8,10,12H,2-5H2,1H3,(H2,17,20)(H,21,22)(H2,18,19,23). The summed E-state index contributed by atoms with van der Waals surface area (Å²) in [6.45, 7) is 1.81. The molecule has 23 heavy (non-hydrogen) atoms. The van der Waals surface area contributed by atoms with E-state index in [9.17, 15) is 14.4 Å². The molecule has 1 aliphatic rings. The summed E-state index contributed by atoms with van der Waals surface area (Å²) in [6, 6.07) is 4.51. The minimum absolute atomic E-state index is 0.0361. The maximum Gasteiger partial charge on any atom is 0.319 e. The average Bonchev–Trinajstić information content (AvgIpc) is 2.46. The third-order valence-corrected chi connectivity index (χ3v) is 4.03. The number of benzene rings is 1. The van der Waals surface area contributed by atoms with Crippen LogP contribution in [0.4, 0.5) is 10.5 Å². The van der Waals surface area contributed by atoms with Gasteiger partial charge >= 0.3 is 12.0 Å². The highest BCUT2D eigenvalue weighted by Gasteiger charge is 2.26. The van der Waals surface area contributed by atoms with Crippen molar-refractivity contribution in [2.24, 2.45) is 11.7 Å². The predicted molar refractivity (Wildman–Crippen MR) is 85.2 cm³/mol. The number of nitrogens with one attached hydrogen (secondary N) is 2. The van der Waals surface area contributed by atoms with Crippen molar-refractivity contribution in [2.45, 2.75) is 38.6 Å². The summed E-state index contributed by atoms with van der Waals surface area (Å²) in [5, 5.41) is 14.5. The van der Waals surface area contributed by atoms with Crippen molar-refractivity contribution < 1.29 is 19.5 Å².